The molecule has 1 aromatic carbocycles. The first-order valence-electron chi connectivity index (χ1n) is 6.92. The van der Waals surface area contributed by atoms with E-state index in [0.717, 1.165) is 18.4 Å². The molecule has 1 aliphatic rings. The van der Waals surface area contributed by atoms with E-state index in [-0.39, 0.29) is 12.6 Å². The van der Waals surface area contributed by atoms with Gasteiger partial charge in [0.2, 0.25) is 0 Å². The van der Waals surface area contributed by atoms with Crippen LogP contribution in [0.5, 0.6) is 0 Å². The first-order chi connectivity index (χ1) is 9.95. The number of rotatable bonds is 6. The molecule has 2 rings (SSSR count). The van der Waals surface area contributed by atoms with Crippen LogP contribution < -0.4 is 0 Å². The molecule has 0 bridgehead atoms. The molecule has 1 aromatic rings. The van der Waals surface area contributed by atoms with Gasteiger partial charge in [0.1, 0.15) is 6.54 Å². The van der Waals surface area contributed by atoms with Gasteiger partial charge in [-0.2, -0.15) is 0 Å². The predicted molar refractivity (Wildman–Crippen MR) is 80.2 cm³/mol. The zero-order valence-electron chi connectivity index (χ0n) is 12.0. The Morgan fingerprint density at radius 2 is 1.90 bits per heavy atom. The van der Waals surface area contributed by atoms with Gasteiger partial charge in [-0.25, -0.2) is 4.79 Å². The number of amides is 2. The Morgan fingerprint density at radius 3 is 2.43 bits per heavy atom. The number of hydrogen-bond donors (Lipinski definition) is 1. The standard InChI is InChI=1S/C15H19ClN2O3/c1-17(8-11-4-6-13(16)7-5-11)15(21)18(10-14(19)20)9-12-2-3-12/h4-7,12H,2-3,8-10H2,1H3,(H,19,20). The Kier molecular flexibility index (Phi) is 5.07. The summed E-state index contributed by atoms with van der Waals surface area (Å²) < 4.78 is 0. The highest BCUT2D eigenvalue weighted by Crippen LogP contribution is 2.30. The smallest absolute Gasteiger partial charge is 0.323 e. The van der Waals surface area contributed by atoms with E-state index < -0.39 is 5.97 Å². The minimum atomic E-state index is -0.983. The van der Waals surface area contributed by atoms with Crippen LogP contribution in [0.2, 0.25) is 5.02 Å². The molecule has 5 nitrogen and oxygen atoms in total. The summed E-state index contributed by atoms with van der Waals surface area (Å²) in [6, 6.07) is 7.01. The van der Waals surface area contributed by atoms with E-state index in [1.807, 2.05) is 12.1 Å². The number of halogens is 1. The molecule has 114 valence electrons. The third kappa shape index (κ3) is 4.93. The van der Waals surface area contributed by atoms with Crippen molar-refractivity contribution in [3.05, 3.63) is 34.9 Å². The Balaban J connectivity index is 1.97. The molecular weight excluding hydrogens is 292 g/mol. The summed E-state index contributed by atoms with van der Waals surface area (Å²) in [5.74, 6) is -0.527. The molecule has 1 N–H and O–H groups in total. The van der Waals surface area contributed by atoms with Gasteiger partial charge in [0, 0.05) is 25.2 Å². The number of carboxylic acids is 1. The second kappa shape index (κ2) is 6.80. The van der Waals surface area contributed by atoms with Crippen LogP contribution >= 0.6 is 11.6 Å². The average Bonchev–Trinajstić information content (AvgIpc) is 3.23. The van der Waals surface area contributed by atoms with Crippen LogP contribution in [0.1, 0.15) is 18.4 Å². The molecule has 2 amide bonds. The fourth-order valence-electron chi connectivity index (χ4n) is 2.16. The number of aliphatic carboxylic acids is 1. The van der Waals surface area contributed by atoms with Gasteiger partial charge in [-0.1, -0.05) is 23.7 Å². The minimum Gasteiger partial charge on any atom is -0.480 e. The van der Waals surface area contributed by atoms with Crippen LogP contribution in [0.25, 0.3) is 0 Å². The van der Waals surface area contributed by atoms with Gasteiger partial charge in [-0.3, -0.25) is 4.79 Å². The van der Waals surface area contributed by atoms with Crippen LogP contribution in [0.15, 0.2) is 24.3 Å². The zero-order chi connectivity index (χ0) is 15.4. The second-order valence-electron chi connectivity index (χ2n) is 5.48. The molecule has 1 fully saturated rings. The summed E-state index contributed by atoms with van der Waals surface area (Å²) in [6.45, 7) is 0.702. The maximum atomic E-state index is 12.4. The Morgan fingerprint density at radius 1 is 1.29 bits per heavy atom. The third-order valence-corrected chi connectivity index (χ3v) is 3.68. The summed E-state index contributed by atoms with van der Waals surface area (Å²) in [4.78, 5) is 26.2. The van der Waals surface area contributed by atoms with Gasteiger partial charge >= 0.3 is 12.0 Å². The highest BCUT2D eigenvalue weighted by molar-refractivity contribution is 6.30. The maximum Gasteiger partial charge on any atom is 0.323 e. The molecule has 0 heterocycles. The molecule has 0 saturated heterocycles. The average molecular weight is 311 g/mol. The van der Waals surface area contributed by atoms with Crippen LogP contribution in [-0.2, 0) is 11.3 Å². The van der Waals surface area contributed by atoms with E-state index >= 15 is 0 Å². The first-order valence-corrected chi connectivity index (χ1v) is 7.30. The number of carbonyl (C=O) groups excluding carboxylic acids is 1. The van der Waals surface area contributed by atoms with Crippen molar-refractivity contribution in [2.45, 2.75) is 19.4 Å². The molecule has 6 heteroatoms. The van der Waals surface area contributed by atoms with Crippen molar-refractivity contribution in [3.63, 3.8) is 0 Å². The summed E-state index contributed by atoms with van der Waals surface area (Å²) in [5, 5.41) is 9.59. The van der Waals surface area contributed by atoms with Crippen molar-refractivity contribution in [2.75, 3.05) is 20.1 Å². The second-order valence-corrected chi connectivity index (χ2v) is 5.92. The summed E-state index contributed by atoms with van der Waals surface area (Å²) >= 11 is 5.83. The van der Waals surface area contributed by atoms with Crippen molar-refractivity contribution >= 4 is 23.6 Å². The van der Waals surface area contributed by atoms with Gasteiger partial charge in [0.05, 0.1) is 0 Å². The molecule has 0 radical (unpaired) electrons. The number of carbonyl (C=O) groups is 2. The van der Waals surface area contributed by atoms with Crippen LogP contribution in [-0.4, -0.2) is 47.0 Å². The molecule has 0 spiro atoms. The maximum absolute atomic E-state index is 12.4. The Bertz CT molecular complexity index is 514. The van der Waals surface area contributed by atoms with Crippen LogP contribution in [0, 0.1) is 5.92 Å². The van der Waals surface area contributed by atoms with Gasteiger partial charge < -0.3 is 14.9 Å². The summed E-state index contributed by atoms with van der Waals surface area (Å²) in [7, 11) is 1.68. The van der Waals surface area contributed by atoms with E-state index in [4.69, 9.17) is 16.7 Å². The van der Waals surface area contributed by atoms with Crippen molar-refractivity contribution < 1.29 is 14.7 Å². The molecule has 0 aromatic heterocycles. The van der Waals surface area contributed by atoms with E-state index in [1.165, 1.54) is 9.80 Å². The Labute approximate surface area is 129 Å². The van der Waals surface area contributed by atoms with Crippen LogP contribution in [0.3, 0.4) is 0 Å². The van der Waals surface area contributed by atoms with E-state index in [0.29, 0.717) is 24.0 Å². The van der Waals surface area contributed by atoms with E-state index in [1.54, 1.807) is 19.2 Å². The number of urea groups is 1. The lowest BCUT2D eigenvalue weighted by molar-refractivity contribution is -0.137. The van der Waals surface area contributed by atoms with E-state index in [9.17, 15) is 9.59 Å². The largest absolute Gasteiger partial charge is 0.480 e. The quantitative estimate of drug-likeness (QED) is 0.878. The number of nitrogens with zero attached hydrogens (tertiary/aromatic N) is 2. The van der Waals surface area contributed by atoms with Crippen molar-refractivity contribution in [1.82, 2.24) is 9.80 Å². The lowest BCUT2D eigenvalue weighted by Gasteiger charge is -2.27. The number of carboxylic acid groups (broad SMARTS) is 1. The molecule has 1 aliphatic carbocycles. The Hall–Kier alpha value is -1.75. The summed E-state index contributed by atoms with van der Waals surface area (Å²) in [5.41, 5.74) is 0.956. The fraction of sp³-hybridized carbons (Fsp3) is 0.467. The minimum absolute atomic E-state index is 0.250. The lowest BCUT2D eigenvalue weighted by Crippen LogP contribution is -2.44. The van der Waals surface area contributed by atoms with Crippen LogP contribution in [0.4, 0.5) is 4.79 Å². The molecule has 1 saturated carbocycles. The predicted octanol–water partition coefficient (Wildman–Crippen LogP) is 2.69. The van der Waals surface area contributed by atoms with Crippen molar-refractivity contribution in [1.29, 1.82) is 0 Å². The summed E-state index contributed by atoms with van der Waals surface area (Å²) in [6.07, 6.45) is 2.15. The molecule has 21 heavy (non-hydrogen) atoms. The molecule has 0 aliphatic heterocycles. The molecule has 0 atom stereocenters. The van der Waals surface area contributed by atoms with Crippen molar-refractivity contribution in [3.8, 4) is 0 Å². The van der Waals surface area contributed by atoms with Gasteiger partial charge in [0.15, 0.2) is 0 Å². The normalized spacial score (nSPS) is 13.8. The SMILES string of the molecule is CN(Cc1ccc(Cl)cc1)C(=O)N(CC(=O)O)CC1CC1. The topological polar surface area (TPSA) is 60.9 Å². The highest BCUT2D eigenvalue weighted by Gasteiger charge is 2.29. The fourth-order valence-corrected chi connectivity index (χ4v) is 2.28. The number of hydrogen-bond acceptors (Lipinski definition) is 2. The van der Waals surface area contributed by atoms with Gasteiger partial charge in [-0.05, 0) is 36.5 Å². The monoisotopic (exact) mass is 310 g/mol. The highest BCUT2D eigenvalue weighted by atomic mass is 35.5. The van der Waals surface area contributed by atoms with E-state index in [2.05, 4.69) is 0 Å². The number of benzene rings is 1. The van der Waals surface area contributed by atoms with Gasteiger partial charge in [-0.15, -0.1) is 0 Å². The molecular formula is C15H19ClN2O3. The van der Waals surface area contributed by atoms with Gasteiger partial charge in [0.25, 0.3) is 0 Å². The first kappa shape index (κ1) is 15.6. The lowest BCUT2D eigenvalue weighted by atomic mass is 10.2. The zero-order valence-corrected chi connectivity index (χ0v) is 12.7. The molecule has 0 unspecified atom stereocenters. The third-order valence-electron chi connectivity index (χ3n) is 3.43. The van der Waals surface area contributed by atoms with Crippen molar-refractivity contribution in [2.24, 2.45) is 5.92 Å².